The Bertz CT molecular complexity index is 599. The van der Waals surface area contributed by atoms with E-state index in [-0.39, 0.29) is 18.9 Å². The Morgan fingerprint density at radius 1 is 0.933 bits per heavy atom. The Balaban J connectivity index is 5.34. The van der Waals surface area contributed by atoms with E-state index in [0.29, 0.717) is 19.3 Å². The lowest BCUT2D eigenvalue weighted by molar-refractivity contribution is 0.122. The SMILES string of the molecule is CCCCCCC(CCC(CCCCC)CNC(=O)O)(COS(=O)(=O)O)NC(=O)O. The Morgan fingerprint density at radius 3 is 2.10 bits per heavy atom. The van der Waals surface area contributed by atoms with Crippen molar-refractivity contribution in [2.45, 2.75) is 90.0 Å². The second kappa shape index (κ2) is 15.2. The van der Waals surface area contributed by atoms with Gasteiger partial charge in [0.25, 0.3) is 0 Å². The number of nitrogens with one attached hydrogen (secondary N) is 2. The molecular formula is C19H38N2O8S. The highest BCUT2D eigenvalue weighted by atomic mass is 32.3. The maximum Gasteiger partial charge on any atom is 0.405 e. The third-order valence-electron chi connectivity index (χ3n) is 5.15. The predicted molar refractivity (Wildman–Crippen MR) is 113 cm³/mol. The van der Waals surface area contributed by atoms with E-state index in [2.05, 4.69) is 21.7 Å². The van der Waals surface area contributed by atoms with E-state index < -0.39 is 34.7 Å². The highest BCUT2D eigenvalue weighted by Crippen LogP contribution is 2.27. The van der Waals surface area contributed by atoms with Crippen molar-refractivity contribution in [3.05, 3.63) is 0 Å². The van der Waals surface area contributed by atoms with Crippen molar-refractivity contribution >= 4 is 22.6 Å². The molecule has 0 saturated carbocycles. The van der Waals surface area contributed by atoms with Gasteiger partial charge in [0.15, 0.2) is 0 Å². The Morgan fingerprint density at radius 2 is 1.57 bits per heavy atom. The minimum Gasteiger partial charge on any atom is -0.465 e. The molecule has 0 heterocycles. The van der Waals surface area contributed by atoms with Crippen LogP contribution < -0.4 is 10.6 Å². The number of rotatable bonds is 18. The molecule has 0 aliphatic heterocycles. The molecule has 0 radical (unpaired) electrons. The van der Waals surface area contributed by atoms with E-state index in [1.165, 1.54) is 0 Å². The van der Waals surface area contributed by atoms with Crippen molar-refractivity contribution in [1.29, 1.82) is 0 Å². The second-order valence-corrected chi connectivity index (χ2v) is 8.89. The molecule has 11 heteroatoms. The molecule has 2 atom stereocenters. The average molecular weight is 455 g/mol. The summed E-state index contributed by atoms with van der Waals surface area (Å²) < 4.78 is 35.8. The maximum atomic E-state index is 11.4. The van der Waals surface area contributed by atoms with E-state index >= 15 is 0 Å². The van der Waals surface area contributed by atoms with E-state index in [1.54, 1.807) is 0 Å². The van der Waals surface area contributed by atoms with Crippen LogP contribution in [-0.4, -0.2) is 54.1 Å². The third-order valence-corrected chi connectivity index (χ3v) is 5.57. The maximum absolute atomic E-state index is 11.4. The Hall–Kier alpha value is -1.59. The molecule has 0 fully saturated rings. The zero-order valence-electron chi connectivity index (χ0n) is 18.1. The topological polar surface area (TPSA) is 162 Å². The lowest BCUT2D eigenvalue weighted by atomic mass is 9.83. The van der Waals surface area contributed by atoms with Crippen LogP contribution in [0.1, 0.15) is 84.5 Å². The molecule has 0 rings (SSSR count). The molecular weight excluding hydrogens is 416 g/mol. The molecule has 0 aromatic rings. The zero-order valence-corrected chi connectivity index (χ0v) is 18.9. The number of hydrogen-bond donors (Lipinski definition) is 5. The average Bonchev–Trinajstić information content (AvgIpc) is 2.64. The van der Waals surface area contributed by atoms with Crippen LogP contribution in [0.15, 0.2) is 0 Å². The van der Waals surface area contributed by atoms with Gasteiger partial charge in [0.1, 0.15) is 0 Å². The van der Waals surface area contributed by atoms with Crippen molar-refractivity contribution in [1.82, 2.24) is 10.6 Å². The molecule has 0 aromatic carbocycles. The second-order valence-electron chi connectivity index (χ2n) is 7.80. The molecule has 10 nitrogen and oxygen atoms in total. The molecule has 30 heavy (non-hydrogen) atoms. The zero-order chi connectivity index (χ0) is 23.0. The highest BCUT2D eigenvalue weighted by Gasteiger charge is 2.34. The molecule has 5 N–H and O–H groups in total. The predicted octanol–water partition coefficient (Wildman–Crippen LogP) is 4.03. The van der Waals surface area contributed by atoms with E-state index in [0.717, 1.165) is 44.9 Å². The van der Waals surface area contributed by atoms with Gasteiger partial charge in [-0.3, -0.25) is 4.55 Å². The lowest BCUT2D eigenvalue weighted by Crippen LogP contribution is -2.52. The highest BCUT2D eigenvalue weighted by molar-refractivity contribution is 7.80. The fourth-order valence-electron chi connectivity index (χ4n) is 3.48. The Kier molecular flexibility index (Phi) is 14.4. The minimum atomic E-state index is -4.73. The molecule has 178 valence electrons. The lowest BCUT2D eigenvalue weighted by Gasteiger charge is -2.34. The van der Waals surface area contributed by atoms with E-state index in [9.17, 15) is 23.1 Å². The first-order valence-electron chi connectivity index (χ1n) is 10.6. The van der Waals surface area contributed by atoms with Crippen LogP contribution in [0.3, 0.4) is 0 Å². The number of unbranched alkanes of at least 4 members (excludes halogenated alkanes) is 5. The van der Waals surface area contributed by atoms with Crippen molar-refractivity contribution in [3.8, 4) is 0 Å². The third kappa shape index (κ3) is 15.3. The van der Waals surface area contributed by atoms with Gasteiger partial charge in [0.05, 0.1) is 12.1 Å². The number of amides is 2. The fourth-order valence-corrected chi connectivity index (χ4v) is 3.85. The van der Waals surface area contributed by atoms with E-state index in [1.807, 2.05) is 6.92 Å². The molecule has 0 saturated heterocycles. The molecule has 0 aliphatic rings. The summed E-state index contributed by atoms with van der Waals surface area (Å²) in [5.41, 5.74) is -1.19. The standard InChI is InChI=1S/C19H38N2O8S/c1-3-5-7-9-12-19(21-18(24)25,15-29-30(26,27)28)13-11-16(10-8-6-4-2)14-20-17(22)23/h16,20-21H,3-15H2,1-2H3,(H,22,23)(H,24,25)(H,26,27,28). The van der Waals surface area contributed by atoms with Gasteiger partial charge in [-0.1, -0.05) is 58.8 Å². The first kappa shape index (κ1) is 28.4. The van der Waals surface area contributed by atoms with Gasteiger partial charge in [-0.2, -0.15) is 8.42 Å². The van der Waals surface area contributed by atoms with Crippen LogP contribution in [0, 0.1) is 5.92 Å². The van der Waals surface area contributed by atoms with Crippen molar-refractivity contribution in [2.75, 3.05) is 13.2 Å². The summed E-state index contributed by atoms with van der Waals surface area (Å²) in [6.45, 7) is 3.82. The smallest absolute Gasteiger partial charge is 0.405 e. The summed E-state index contributed by atoms with van der Waals surface area (Å²) >= 11 is 0. The minimum absolute atomic E-state index is 0.0241. The van der Waals surface area contributed by atoms with Crippen molar-refractivity contribution in [2.24, 2.45) is 5.92 Å². The molecule has 0 spiro atoms. The summed E-state index contributed by atoms with van der Waals surface area (Å²) in [6.07, 6.45) is 5.83. The van der Waals surface area contributed by atoms with E-state index in [4.69, 9.17) is 9.66 Å². The van der Waals surface area contributed by atoms with Crippen molar-refractivity contribution < 1.29 is 37.0 Å². The van der Waals surface area contributed by atoms with Crippen LogP contribution in [0.2, 0.25) is 0 Å². The Labute approximate surface area is 179 Å². The van der Waals surface area contributed by atoms with Crippen LogP contribution in [0.4, 0.5) is 9.59 Å². The van der Waals surface area contributed by atoms with Gasteiger partial charge in [-0.25, -0.2) is 13.8 Å². The summed E-state index contributed by atoms with van der Waals surface area (Å²) in [4.78, 5) is 22.3. The van der Waals surface area contributed by atoms with Crippen LogP contribution in [-0.2, 0) is 14.6 Å². The fraction of sp³-hybridized carbons (Fsp3) is 0.895. The molecule has 0 aromatic heterocycles. The van der Waals surface area contributed by atoms with Crippen molar-refractivity contribution in [3.63, 3.8) is 0 Å². The van der Waals surface area contributed by atoms with Gasteiger partial charge >= 0.3 is 22.6 Å². The number of carbonyl (C=O) groups is 2. The van der Waals surface area contributed by atoms with Gasteiger partial charge in [0, 0.05) is 6.54 Å². The van der Waals surface area contributed by atoms with Crippen LogP contribution >= 0.6 is 0 Å². The van der Waals surface area contributed by atoms with Gasteiger partial charge in [0.2, 0.25) is 0 Å². The summed E-state index contributed by atoms with van der Waals surface area (Å²) in [6, 6.07) is 0. The first-order valence-corrected chi connectivity index (χ1v) is 12.0. The van der Waals surface area contributed by atoms with Crippen LogP contribution in [0.5, 0.6) is 0 Å². The molecule has 2 unspecified atom stereocenters. The normalized spacial score (nSPS) is 14.6. The molecule has 0 aliphatic carbocycles. The molecule has 2 amide bonds. The largest absolute Gasteiger partial charge is 0.465 e. The summed E-state index contributed by atoms with van der Waals surface area (Å²) in [5.74, 6) is -0.0241. The number of hydrogen-bond acceptors (Lipinski definition) is 5. The summed E-state index contributed by atoms with van der Waals surface area (Å²) in [5, 5.41) is 23.0. The van der Waals surface area contributed by atoms with Gasteiger partial charge in [-0.05, 0) is 31.6 Å². The molecule has 0 bridgehead atoms. The quantitative estimate of drug-likeness (QED) is 0.153. The van der Waals surface area contributed by atoms with Gasteiger partial charge in [-0.15, -0.1) is 0 Å². The first-order chi connectivity index (χ1) is 14.0. The van der Waals surface area contributed by atoms with Gasteiger partial charge < -0.3 is 20.8 Å². The number of carboxylic acid groups (broad SMARTS) is 2. The van der Waals surface area contributed by atoms with Crippen LogP contribution in [0.25, 0.3) is 0 Å². The summed E-state index contributed by atoms with van der Waals surface area (Å²) in [7, 11) is -4.73. The monoisotopic (exact) mass is 454 g/mol.